The van der Waals surface area contributed by atoms with E-state index >= 15 is 0 Å². The highest BCUT2D eigenvalue weighted by atomic mass is 32.2. The number of carbonyl (C=O) groups excluding carboxylic acids is 1. The van der Waals surface area contributed by atoms with E-state index in [-0.39, 0.29) is 27.9 Å². The third-order valence-corrected chi connectivity index (χ3v) is 9.40. The summed E-state index contributed by atoms with van der Waals surface area (Å²) in [6.07, 6.45) is 19.2. The summed E-state index contributed by atoms with van der Waals surface area (Å²) in [5.74, 6) is 5.82. The number of nitrogens with one attached hydrogen (secondary N) is 1. The number of aromatic hydroxyl groups is 1. The lowest BCUT2D eigenvalue weighted by molar-refractivity contribution is -0.116. The maximum absolute atomic E-state index is 13.2. The summed E-state index contributed by atoms with van der Waals surface area (Å²) >= 11 is 0. The second kappa shape index (κ2) is 17.8. The van der Waals surface area contributed by atoms with E-state index in [0.29, 0.717) is 21.6 Å². The van der Waals surface area contributed by atoms with Crippen LogP contribution in [0.4, 0.5) is 11.4 Å². The Balaban J connectivity index is 1.45. The minimum Gasteiger partial charge on any atom is -0.505 e. The van der Waals surface area contributed by atoms with E-state index < -0.39 is 10.0 Å². The van der Waals surface area contributed by atoms with Crippen molar-refractivity contribution in [2.45, 2.75) is 115 Å². The minimum atomic E-state index is -4.06. The maximum atomic E-state index is 13.2. The van der Waals surface area contributed by atoms with Crippen LogP contribution in [0.1, 0.15) is 110 Å². The summed E-state index contributed by atoms with van der Waals surface area (Å²) in [6.45, 7) is 2.26. The largest absolute Gasteiger partial charge is 0.505 e. The van der Waals surface area contributed by atoms with Gasteiger partial charge in [-0.3, -0.25) is 4.79 Å². The van der Waals surface area contributed by atoms with Crippen molar-refractivity contribution in [1.82, 2.24) is 0 Å². The van der Waals surface area contributed by atoms with Gasteiger partial charge < -0.3 is 10.4 Å². The lowest BCUT2D eigenvalue weighted by Gasteiger charge is -2.22. The number of nitrogens with zero attached hydrogens (tertiary/aromatic N) is 1. The van der Waals surface area contributed by atoms with Gasteiger partial charge in [0.2, 0.25) is 5.91 Å². The number of phenols is 1. The second-order valence-corrected chi connectivity index (χ2v) is 13.0. The lowest BCUT2D eigenvalue weighted by Crippen LogP contribution is -2.37. The molecule has 0 aliphatic carbocycles. The van der Waals surface area contributed by atoms with E-state index in [4.69, 9.17) is 5.84 Å². The molecule has 0 aromatic heterocycles. The zero-order chi connectivity index (χ0) is 30.2. The number of amides is 1. The first kappa shape index (κ1) is 33.4. The number of hydrazine groups is 1. The molecule has 230 valence electrons. The van der Waals surface area contributed by atoms with Gasteiger partial charge in [0.15, 0.2) is 0 Å². The van der Waals surface area contributed by atoms with Gasteiger partial charge in [0.1, 0.15) is 5.75 Å². The summed E-state index contributed by atoms with van der Waals surface area (Å²) in [4.78, 5) is 12.8. The summed E-state index contributed by atoms with van der Waals surface area (Å²) in [5, 5.41) is 14.5. The van der Waals surface area contributed by atoms with E-state index in [2.05, 4.69) is 12.2 Å². The zero-order valence-corrected chi connectivity index (χ0v) is 26.0. The fourth-order valence-corrected chi connectivity index (χ4v) is 6.46. The number of carbonyl (C=O) groups is 1. The number of hydrogen-bond donors (Lipinski definition) is 3. The van der Waals surface area contributed by atoms with Gasteiger partial charge in [-0.25, -0.2) is 10.3 Å². The normalized spacial score (nSPS) is 11.6. The number of rotatable bonds is 20. The van der Waals surface area contributed by atoms with Crippen LogP contribution < -0.4 is 15.6 Å². The van der Waals surface area contributed by atoms with Crippen LogP contribution in [0, 0.1) is 0 Å². The third kappa shape index (κ3) is 10.0. The lowest BCUT2D eigenvalue weighted by atomic mass is 10.0. The van der Waals surface area contributed by atoms with Crippen molar-refractivity contribution in [3.05, 3.63) is 60.7 Å². The molecule has 0 atom stereocenters. The summed E-state index contributed by atoms with van der Waals surface area (Å²) < 4.78 is 27.1. The van der Waals surface area contributed by atoms with Gasteiger partial charge in [-0.15, -0.1) is 0 Å². The van der Waals surface area contributed by atoms with E-state index in [1.165, 1.54) is 95.2 Å². The SMILES string of the molecule is CCCCCCCCCCCCCCCCCC(=O)Nc1cc(N(N)S(=O)(=O)c2ccccc2)c2ccccc2c1O. The van der Waals surface area contributed by atoms with E-state index in [1.54, 1.807) is 42.5 Å². The predicted octanol–water partition coefficient (Wildman–Crippen LogP) is 8.81. The van der Waals surface area contributed by atoms with Crippen molar-refractivity contribution in [3.8, 4) is 5.75 Å². The number of benzene rings is 3. The average molecular weight is 596 g/mol. The topological polar surface area (TPSA) is 113 Å². The summed E-state index contributed by atoms with van der Waals surface area (Å²) in [6, 6.07) is 16.2. The van der Waals surface area contributed by atoms with Crippen molar-refractivity contribution >= 4 is 38.1 Å². The van der Waals surface area contributed by atoms with Crippen LogP contribution in [0.3, 0.4) is 0 Å². The van der Waals surface area contributed by atoms with Gasteiger partial charge in [0, 0.05) is 17.2 Å². The molecule has 0 saturated carbocycles. The standard InChI is InChI=1S/C34H49N3O4S/c1-2-3-4-5-6-7-8-9-10-11-12-13-14-15-19-26-33(38)36-31-27-32(29-24-20-21-25-30(29)34(31)39)37(35)42(40,41)28-22-17-16-18-23-28/h16-18,20-25,27,39H,2-15,19,26,35H2,1H3,(H,36,38). The van der Waals surface area contributed by atoms with E-state index in [9.17, 15) is 18.3 Å². The first-order valence-electron chi connectivity index (χ1n) is 15.8. The van der Waals surface area contributed by atoms with Gasteiger partial charge in [0.05, 0.1) is 16.3 Å². The molecule has 0 saturated heterocycles. The van der Waals surface area contributed by atoms with E-state index in [1.807, 2.05) is 0 Å². The van der Waals surface area contributed by atoms with Gasteiger partial charge in [-0.05, 0) is 24.6 Å². The first-order chi connectivity index (χ1) is 20.4. The quantitative estimate of drug-likeness (QED) is 0.0523. The number of unbranched alkanes of at least 4 members (excludes halogenated alkanes) is 14. The molecule has 3 rings (SSSR count). The van der Waals surface area contributed by atoms with Crippen molar-refractivity contribution in [2.75, 3.05) is 9.73 Å². The van der Waals surface area contributed by atoms with Gasteiger partial charge in [-0.2, -0.15) is 8.42 Å². The number of anilines is 2. The molecule has 1 amide bonds. The number of hydrogen-bond acceptors (Lipinski definition) is 5. The Hall–Kier alpha value is -3.10. The number of fused-ring (bicyclic) bond motifs is 1. The number of nitrogens with two attached hydrogens (primary N) is 1. The van der Waals surface area contributed by atoms with Crippen molar-refractivity contribution in [1.29, 1.82) is 0 Å². The molecule has 0 radical (unpaired) electrons. The van der Waals surface area contributed by atoms with Crippen LogP contribution in [0.5, 0.6) is 5.75 Å². The van der Waals surface area contributed by atoms with Crippen LogP contribution in [-0.2, 0) is 14.8 Å². The van der Waals surface area contributed by atoms with Gasteiger partial charge in [-0.1, -0.05) is 139 Å². The van der Waals surface area contributed by atoms with Gasteiger partial charge >= 0.3 is 0 Å². The molecule has 42 heavy (non-hydrogen) atoms. The highest BCUT2D eigenvalue weighted by Crippen LogP contribution is 2.40. The highest BCUT2D eigenvalue weighted by Gasteiger charge is 2.25. The fraction of sp³-hybridized carbons (Fsp3) is 0.500. The molecule has 0 unspecified atom stereocenters. The molecule has 3 aromatic carbocycles. The monoisotopic (exact) mass is 595 g/mol. The first-order valence-corrected chi connectivity index (χ1v) is 17.2. The van der Waals surface area contributed by atoms with Crippen LogP contribution in [0.2, 0.25) is 0 Å². The molecule has 0 fully saturated rings. The molecular weight excluding hydrogens is 546 g/mol. The number of phenolic OH excluding ortho intramolecular Hbond substituents is 1. The molecule has 8 heteroatoms. The number of sulfonamides is 1. The van der Waals surface area contributed by atoms with Crippen molar-refractivity contribution in [2.24, 2.45) is 5.84 Å². The molecule has 3 aromatic rings. The fourth-order valence-electron chi connectivity index (χ4n) is 5.32. The summed E-state index contributed by atoms with van der Waals surface area (Å²) in [5.41, 5.74) is 0.294. The maximum Gasteiger partial charge on any atom is 0.277 e. The Morgan fingerprint density at radius 3 is 1.76 bits per heavy atom. The van der Waals surface area contributed by atoms with Gasteiger partial charge in [0.25, 0.3) is 10.0 Å². The van der Waals surface area contributed by atoms with Crippen LogP contribution >= 0.6 is 0 Å². The predicted molar refractivity (Wildman–Crippen MR) is 174 cm³/mol. The molecule has 0 aliphatic rings. The Kier molecular flexibility index (Phi) is 14.1. The molecular formula is C34H49N3O4S. The van der Waals surface area contributed by atoms with Crippen LogP contribution in [0.15, 0.2) is 65.6 Å². The van der Waals surface area contributed by atoms with Crippen molar-refractivity contribution < 1.29 is 18.3 Å². The average Bonchev–Trinajstić information content (AvgIpc) is 3.00. The Bertz CT molecular complexity index is 1350. The molecule has 0 heterocycles. The molecule has 0 spiro atoms. The highest BCUT2D eigenvalue weighted by molar-refractivity contribution is 7.92. The smallest absolute Gasteiger partial charge is 0.277 e. The third-order valence-electron chi connectivity index (χ3n) is 7.81. The molecule has 4 N–H and O–H groups in total. The zero-order valence-electron chi connectivity index (χ0n) is 25.2. The van der Waals surface area contributed by atoms with Crippen LogP contribution in [0.25, 0.3) is 10.8 Å². The van der Waals surface area contributed by atoms with Crippen LogP contribution in [-0.4, -0.2) is 19.4 Å². The molecule has 0 bridgehead atoms. The van der Waals surface area contributed by atoms with Crippen molar-refractivity contribution in [3.63, 3.8) is 0 Å². The Morgan fingerprint density at radius 2 is 1.21 bits per heavy atom. The minimum absolute atomic E-state index is 0.0448. The Labute approximate surface area is 252 Å². The second-order valence-electron chi connectivity index (χ2n) is 11.2. The molecule has 0 aliphatic heterocycles. The Morgan fingerprint density at radius 1 is 0.738 bits per heavy atom. The molecule has 7 nitrogen and oxygen atoms in total. The summed E-state index contributed by atoms with van der Waals surface area (Å²) in [7, 11) is -4.06. The van der Waals surface area contributed by atoms with E-state index in [0.717, 1.165) is 19.3 Å².